The van der Waals surface area contributed by atoms with Gasteiger partial charge in [0, 0.05) is 31.4 Å². The van der Waals surface area contributed by atoms with E-state index in [0.717, 1.165) is 29.8 Å². The Morgan fingerprint density at radius 2 is 2.28 bits per heavy atom. The molecule has 1 aromatic rings. The van der Waals surface area contributed by atoms with Gasteiger partial charge in [0.25, 0.3) is 5.91 Å². The van der Waals surface area contributed by atoms with Crippen LogP contribution in [0.25, 0.3) is 0 Å². The largest absolute Gasteiger partial charge is 0.394 e. The first-order valence-electron chi connectivity index (χ1n) is 6.03. The maximum Gasteiger partial charge on any atom is 0.253 e. The van der Waals surface area contributed by atoms with Crippen LogP contribution in [0.2, 0.25) is 0 Å². The highest BCUT2D eigenvalue weighted by Crippen LogP contribution is 2.21. The number of hydrogen-bond donors (Lipinski definition) is 3. The zero-order chi connectivity index (χ0) is 13.1. The number of hydrogen-bond acceptors (Lipinski definition) is 4. The number of carbonyl (C=O) groups excluding carboxylic acids is 1. The Balaban J connectivity index is 2.11. The van der Waals surface area contributed by atoms with Crippen molar-refractivity contribution in [2.75, 3.05) is 32.1 Å². The molecule has 1 atom stereocenters. The lowest BCUT2D eigenvalue weighted by Gasteiger charge is -2.25. The normalized spacial score (nSPS) is 16.4. The van der Waals surface area contributed by atoms with Crippen LogP contribution in [0.15, 0.2) is 18.2 Å². The second kappa shape index (κ2) is 5.37. The van der Waals surface area contributed by atoms with E-state index in [1.54, 1.807) is 18.0 Å². The first-order chi connectivity index (χ1) is 8.61. The molecule has 18 heavy (non-hydrogen) atoms. The predicted molar refractivity (Wildman–Crippen MR) is 68.7 cm³/mol. The number of nitrogens with zero attached hydrogens (tertiary/aromatic N) is 1. The average molecular weight is 250 g/mol. The Labute approximate surface area is 106 Å². The number of aliphatic hydroxyl groups is 2. The number of anilines is 1. The molecule has 0 saturated carbocycles. The van der Waals surface area contributed by atoms with Crippen LogP contribution < -0.4 is 5.32 Å². The molecule has 1 aromatic carbocycles. The maximum absolute atomic E-state index is 11.9. The van der Waals surface area contributed by atoms with Crippen molar-refractivity contribution in [1.82, 2.24) is 4.90 Å². The Morgan fingerprint density at radius 1 is 1.50 bits per heavy atom. The number of aliphatic hydroxyl groups excluding tert-OH is 2. The summed E-state index contributed by atoms with van der Waals surface area (Å²) in [5.74, 6) is 0.0539. The third-order valence-corrected chi connectivity index (χ3v) is 3.15. The van der Waals surface area contributed by atoms with Gasteiger partial charge < -0.3 is 20.4 Å². The van der Waals surface area contributed by atoms with Crippen molar-refractivity contribution in [3.05, 3.63) is 29.3 Å². The number of amides is 1. The number of fused-ring (bicyclic) bond motifs is 1. The predicted octanol–water partition coefficient (Wildman–Crippen LogP) is 0.0798. The van der Waals surface area contributed by atoms with Crippen molar-refractivity contribution in [2.24, 2.45) is 0 Å². The fourth-order valence-corrected chi connectivity index (χ4v) is 2.01. The van der Waals surface area contributed by atoms with Crippen molar-refractivity contribution in [3.63, 3.8) is 0 Å². The van der Waals surface area contributed by atoms with Crippen LogP contribution in [0.5, 0.6) is 0 Å². The Hall–Kier alpha value is -1.59. The fourth-order valence-electron chi connectivity index (χ4n) is 2.01. The smallest absolute Gasteiger partial charge is 0.253 e. The first kappa shape index (κ1) is 12.9. The van der Waals surface area contributed by atoms with Crippen molar-refractivity contribution < 1.29 is 15.0 Å². The summed E-state index contributed by atoms with van der Waals surface area (Å²) in [6.45, 7) is 0.763. The molecule has 1 unspecified atom stereocenters. The fraction of sp³-hybridized carbons (Fsp3) is 0.462. The quantitative estimate of drug-likeness (QED) is 0.707. The second-order valence-corrected chi connectivity index (χ2v) is 4.57. The number of rotatable bonds is 4. The highest BCUT2D eigenvalue weighted by Gasteiger charge is 2.21. The minimum Gasteiger partial charge on any atom is -0.394 e. The van der Waals surface area contributed by atoms with E-state index in [4.69, 9.17) is 5.11 Å². The third kappa shape index (κ3) is 2.63. The van der Waals surface area contributed by atoms with E-state index >= 15 is 0 Å². The summed E-state index contributed by atoms with van der Waals surface area (Å²) >= 11 is 0. The van der Waals surface area contributed by atoms with Crippen molar-refractivity contribution in [3.8, 4) is 0 Å². The van der Waals surface area contributed by atoms with Gasteiger partial charge in [-0.25, -0.2) is 0 Å². The summed E-state index contributed by atoms with van der Waals surface area (Å²) in [6, 6.07) is 5.56. The number of likely N-dealkylation sites (N-methyl/N-ethyl adjacent to an activating group) is 1. The SMILES string of the molecule is CN1CCc2cc(NCC(O)CO)ccc2C1=O. The molecule has 0 fully saturated rings. The third-order valence-electron chi connectivity index (χ3n) is 3.15. The van der Waals surface area contributed by atoms with Crippen LogP contribution in [-0.2, 0) is 6.42 Å². The molecule has 5 heteroatoms. The van der Waals surface area contributed by atoms with E-state index < -0.39 is 6.10 Å². The van der Waals surface area contributed by atoms with Gasteiger partial charge in [0.1, 0.15) is 0 Å². The average Bonchev–Trinajstić information content (AvgIpc) is 2.40. The molecule has 2 rings (SSSR count). The summed E-state index contributed by atoms with van der Waals surface area (Å²) in [6.07, 6.45) is 0.0733. The van der Waals surface area contributed by atoms with E-state index in [1.807, 2.05) is 12.1 Å². The van der Waals surface area contributed by atoms with Gasteiger partial charge in [-0.3, -0.25) is 4.79 Å². The molecular formula is C13H18N2O3. The van der Waals surface area contributed by atoms with E-state index in [0.29, 0.717) is 6.54 Å². The van der Waals surface area contributed by atoms with Crippen LogP contribution >= 0.6 is 0 Å². The van der Waals surface area contributed by atoms with Gasteiger partial charge in [0.05, 0.1) is 12.7 Å². The zero-order valence-corrected chi connectivity index (χ0v) is 10.4. The molecule has 1 amide bonds. The van der Waals surface area contributed by atoms with Crippen LogP contribution in [0.3, 0.4) is 0 Å². The standard InChI is InChI=1S/C13H18N2O3/c1-15-5-4-9-6-10(14-7-11(17)8-16)2-3-12(9)13(15)18/h2-3,6,11,14,16-17H,4-5,7-8H2,1H3. The van der Waals surface area contributed by atoms with Crippen molar-refractivity contribution >= 4 is 11.6 Å². The summed E-state index contributed by atoms with van der Waals surface area (Å²) in [5.41, 5.74) is 2.64. The van der Waals surface area contributed by atoms with Crippen LogP contribution in [0, 0.1) is 0 Å². The number of benzene rings is 1. The Morgan fingerprint density at radius 3 is 3.00 bits per heavy atom. The molecule has 0 spiro atoms. The molecule has 3 N–H and O–H groups in total. The van der Waals surface area contributed by atoms with Crippen molar-refractivity contribution in [1.29, 1.82) is 0 Å². The minimum atomic E-state index is -0.770. The van der Waals surface area contributed by atoms with Gasteiger partial charge in [-0.1, -0.05) is 0 Å². The molecule has 1 aliphatic rings. The Kier molecular flexibility index (Phi) is 3.84. The number of carbonyl (C=O) groups is 1. The van der Waals surface area contributed by atoms with E-state index in [9.17, 15) is 9.90 Å². The lowest BCUT2D eigenvalue weighted by Crippen LogP contribution is -2.34. The second-order valence-electron chi connectivity index (χ2n) is 4.57. The summed E-state index contributed by atoms with van der Waals surface area (Å²) < 4.78 is 0. The van der Waals surface area contributed by atoms with Gasteiger partial charge in [-0.15, -0.1) is 0 Å². The Bertz CT molecular complexity index is 448. The van der Waals surface area contributed by atoms with E-state index in [2.05, 4.69) is 5.32 Å². The number of nitrogens with one attached hydrogen (secondary N) is 1. The minimum absolute atomic E-state index is 0.0539. The van der Waals surface area contributed by atoms with E-state index in [-0.39, 0.29) is 12.5 Å². The first-order valence-corrected chi connectivity index (χ1v) is 6.03. The van der Waals surface area contributed by atoms with Gasteiger partial charge in [-0.2, -0.15) is 0 Å². The topological polar surface area (TPSA) is 72.8 Å². The van der Waals surface area contributed by atoms with Crippen LogP contribution in [0.4, 0.5) is 5.69 Å². The van der Waals surface area contributed by atoms with Crippen LogP contribution in [-0.4, -0.2) is 53.9 Å². The van der Waals surface area contributed by atoms with E-state index in [1.165, 1.54) is 0 Å². The lowest BCUT2D eigenvalue weighted by molar-refractivity contribution is 0.0781. The molecule has 5 nitrogen and oxygen atoms in total. The van der Waals surface area contributed by atoms with Crippen LogP contribution in [0.1, 0.15) is 15.9 Å². The lowest BCUT2D eigenvalue weighted by atomic mass is 9.98. The van der Waals surface area contributed by atoms with Gasteiger partial charge >= 0.3 is 0 Å². The van der Waals surface area contributed by atoms with Gasteiger partial charge in [0.2, 0.25) is 0 Å². The van der Waals surface area contributed by atoms with Gasteiger partial charge in [0.15, 0.2) is 0 Å². The summed E-state index contributed by atoms with van der Waals surface area (Å²) in [7, 11) is 1.80. The molecule has 0 saturated heterocycles. The molecule has 0 aromatic heterocycles. The highest BCUT2D eigenvalue weighted by atomic mass is 16.3. The molecule has 1 heterocycles. The molecule has 98 valence electrons. The van der Waals surface area contributed by atoms with Crippen molar-refractivity contribution in [2.45, 2.75) is 12.5 Å². The highest BCUT2D eigenvalue weighted by molar-refractivity contribution is 5.97. The monoisotopic (exact) mass is 250 g/mol. The zero-order valence-electron chi connectivity index (χ0n) is 10.4. The maximum atomic E-state index is 11.9. The van der Waals surface area contributed by atoms with Gasteiger partial charge in [-0.05, 0) is 30.2 Å². The summed E-state index contributed by atoms with van der Waals surface area (Å²) in [5, 5.41) is 21.0. The molecule has 1 aliphatic heterocycles. The molecule has 0 aliphatic carbocycles. The molecule has 0 bridgehead atoms. The summed E-state index contributed by atoms with van der Waals surface area (Å²) in [4.78, 5) is 13.6. The molecule has 0 radical (unpaired) electrons. The molecular weight excluding hydrogens is 232 g/mol.